The van der Waals surface area contributed by atoms with E-state index in [1.807, 2.05) is 12.2 Å². The molecule has 6 nitrogen and oxygen atoms in total. The first-order valence-corrected chi connectivity index (χ1v) is 9.03. The van der Waals surface area contributed by atoms with Crippen LogP contribution >= 0.6 is 0 Å². The molecule has 25 heavy (non-hydrogen) atoms. The summed E-state index contributed by atoms with van der Waals surface area (Å²) in [6.07, 6.45) is 3.60. The highest BCUT2D eigenvalue weighted by Crippen LogP contribution is 2.43. The third-order valence-electron chi connectivity index (χ3n) is 5.49. The van der Waals surface area contributed by atoms with Crippen molar-refractivity contribution in [2.24, 2.45) is 23.7 Å². The zero-order valence-electron chi connectivity index (χ0n) is 15.1. The van der Waals surface area contributed by atoms with E-state index < -0.39 is 36.5 Å². The maximum absolute atomic E-state index is 12.3. The molecule has 2 aliphatic carbocycles. The van der Waals surface area contributed by atoms with Crippen molar-refractivity contribution in [1.82, 2.24) is 0 Å². The molecule has 0 heterocycles. The summed E-state index contributed by atoms with van der Waals surface area (Å²) in [5, 5.41) is 38.2. The van der Waals surface area contributed by atoms with E-state index in [4.69, 9.17) is 4.74 Å². The number of hydrogen-bond acceptors (Lipinski definition) is 6. The van der Waals surface area contributed by atoms with E-state index in [0.29, 0.717) is 12.8 Å². The molecule has 0 saturated carbocycles. The molecule has 0 amide bonds. The van der Waals surface area contributed by atoms with Crippen LogP contribution in [0.5, 0.6) is 0 Å². The number of carbonyl (C=O) groups excluding carboxylic acids is 1. The van der Waals surface area contributed by atoms with Gasteiger partial charge in [0.05, 0.1) is 18.1 Å². The fraction of sp³-hybridized carbons (Fsp3) is 0.737. The number of ether oxygens (including phenoxy) is 1. The Hall–Kier alpha value is -1.21. The van der Waals surface area contributed by atoms with Gasteiger partial charge in [-0.15, -0.1) is 0 Å². The van der Waals surface area contributed by atoms with Crippen LogP contribution in [0.4, 0.5) is 0 Å². The lowest BCUT2D eigenvalue weighted by atomic mass is 9.66. The van der Waals surface area contributed by atoms with E-state index in [9.17, 15) is 25.2 Å². The Morgan fingerprint density at radius 3 is 2.60 bits per heavy atom. The number of esters is 1. The molecule has 0 bridgehead atoms. The standard InChI is InChI=1S/C19H30O6/c1-10-4-5-13-8-14(21)9-16(25-19(24)11(2)12(3)20)18(13)15(10)6-7-17(22)23/h4-5,8,10-12,14-18,20-23H,6-7,9H2,1-3H3/t10-,11-,12?,14+,15-,16-,18-/m0/s1. The van der Waals surface area contributed by atoms with Crippen molar-refractivity contribution in [2.45, 2.75) is 64.6 Å². The van der Waals surface area contributed by atoms with E-state index in [0.717, 1.165) is 5.57 Å². The summed E-state index contributed by atoms with van der Waals surface area (Å²) >= 11 is 0. The van der Waals surface area contributed by atoms with Gasteiger partial charge in [-0.25, -0.2) is 0 Å². The topological polar surface area (TPSA) is 107 Å². The van der Waals surface area contributed by atoms with Gasteiger partial charge in [0.15, 0.2) is 6.29 Å². The molecule has 0 aromatic rings. The van der Waals surface area contributed by atoms with Crippen molar-refractivity contribution in [2.75, 3.05) is 0 Å². The van der Waals surface area contributed by atoms with Crippen LogP contribution in [0.2, 0.25) is 0 Å². The van der Waals surface area contributed by atoms with Crippen LogP contribution in [-0.4, -0.2) is 51.0 Å². The zero-order chi connectivity index (χ0) is 18.7. The molecule has 6 heteroatoms. The Labute approximate surface area is 148 Å². The maximum atomic E-state index is 12.3. The van der Waals surface area contributed by atoms with E-state index in [1.165, 1.54) is 0 Å². The SMILES string of the molecule is CC(O)[C@H](C)C(=O)O[C@H]1C[C@H](O)C=C2C=C[C@H](C)[C@H](CCC(O)O)[C@H]21. The molecule has 0 aliphatic heterocycles. The average Bonchev–Trinajstić information content (AvgIpc) is 2.52. The highest BCUT2D eigenvalue weighted by atomic mass is 16.5. The van der Waals surface area contributed by atoms with Gasteiger partial charge in [-0.2, -0.15) is 0 Å². The lowest BCUT2D eigenvalue weighted by Gasteiger charge is -2.43. The molecule has 142 valence electrons. The van der Waals surface area contributed by atoms with Crippen LogP contribution in [0.1, 0.15) is 40.0 Å². The fourth-order valence-electron chi connectivity index (χ4n) is 3.78. The summed E-state index contributed by atoms with van der Waals surface area (Å²) < 4.78 is 5.68. The maximum Gasteiger partial charge on any atom is 0.311 e. The Kier molecular flexibility index (Phi) is 6.79. The lowest BCUT2D eigenvalue weighted by Crippen LogP contribution is -2.43. The Morgan fingerprint density at radius 2 is 2.00 bits per heavy atom. The molecule has 0 aromatic carbocycles. The molecule has 0 spiro atoms. The molecule has 0 saturated heterocycles. The molecule has 7 atom stereocenters. The van der Waals surface area contributed by atoms with E-state index in [2.05, 4.69) is 6.92 Å². The largest absolute Gasteiger partial charge is 0.461 e. The van der Waals surface area contributed by atoms with Crippen LogP contribution in [0.15, 0.2) is 23.8 Å². The van der Waals surface area contributed by atoms with Crippen molar-refractivity contribution >= 4 is 5.97 Å². The van der Waals surface area contributed by atoms with E-state index in [1.54, 1.807) is 19.9 Å². The number of allylic oxidation sites excluding steroid dienone is 2. The van der Waals surface area contributed by atoms with Crippen molar-refractivity contribution in [1.29, 1.82) is 0 Å². The van der Waals surface area contributed by atoms with Gasteiger partial charge >= 0.3 is 5.97 Å². The Morgan fingerprint density at radius 1 is 1.32 bits per heavy atom. The summed E-state index contributed by atoms with van der Waals surface area (Å²) in [7, 11) is 0. The van der Waals surface area contributed by atoms with Gasteiger partial charge in [-0.05, 0) is 44.1 Å². The van der Waals surface area contributed by atoms with Crippen molar-refractivity contribution in [3.63, 3.8) is 0 Å². The molecule has 2 rings (SSSR count). The molecule has 2 aliphatic rings. The Bertz CT molecular complexity index is 524. The number of aliphatic hydroxyl groups is 4. The second-order valence-electron chi connectivity index (χ2n) is 7.44. The smallest absolute Gasteiger partial charge is 0.311 e. The number of rotatable bonds is 6. The molecule has 0 fully saturated rings. The minimum atomic E-state index is -1.36. The summed E-state index contributed by atoms with van der Waals surface area (Å²) in [6.45, 7) is 5.22. The van der Waals surface area contributed by atoms with Crippen LogP contribution in [0.3, 0.4) is 0 Å². The van der Waals surface area contributed by atoms with Gasteiger partial charge in [0.1, 0.15) is 6.10 Å². The molecule has 1 unspecified atom stereocenters. The first-order valence-electron chi connectivity index (χ1n) is 9.03. The van der Waals surface area contributed by atoms with E-state index in [-0.39, 0.29) is 24.2 Å². The predicted octanol–water partition coefficient (Wildman–Crippen LogP) is 1.14. The van der Waals surface area contributed by atoms with Gasteiger partial charge in [-0.3, -0.25) is 4.79 Å². The molecule has 0 aromatic heterocycles. The average molecular weight is 354 g/mol. The van der Waals surface area contributed by atoms with Gasteiger partial charge in [0.25, 0.3) is 0 Å². The van der Waals surface area contributed by atoms with Crippen molar-refractivity contribution < 1.29 is 30.0 Å². The molecular weight excluding hydrogens is 324 g/mol. The van der Waals surface area contributed by atoms with Crippen molar-refractivity contribution in [3.8, 4) is 0 Å². The van der Waals surface area contributed by atoms with Crippen molar-refractivity contribution in [3.05, 3.63) is 23.8 Å². The van der Waals surface area contributed by atoms with Crippen LogP contribution in [0.25, 0.3) is 0 Å². The monoisotopic (exact) mass is 354 g/mol. The Balaban J connectivity index is 2.22. The summed E-state index contributed by atoms with van der Waals surface area (Å²) in [6, 6.07) is 0. The second-order valence-corrected chi connectivity index (χ2v) is 7.44. The summed E-state index contributed by atoms with van der Waals surface area (Å²) in [5.41, 5.74) is 0.928. The van der Waals surface area contributed by atoms with Crippen LogP contribution in [0, 0.1) is 23.7 Å². The number of fused-ring (bicyclic) bond motifs is 1. The van der Waals surface area contributed by atoms with Crippen LogP contribution in [-0.2, 0) is 9.53 Å². The van der Waals surface area contributed by atoms with Gasteiger partial charge in [0, 0.05) is 12.3 Å². The quantitative estimate of drug-likeness (QED) is 0.421. The lowest BCUT2D eigenvalue weighted by molar-refractivity contribution is -0.162. The first kappa shape index (κ1) is 20.1. The normalized spacial score (nSPS) is 34.2. The zero-order valence-corrected chi connectivity index (χ0v) is 15.1. The third-order valence-corrected chi connectivity index (χ3v) is 5.49. The highest BCUT2D eigenvalue weighted by molar-refractivity contribution is 5.73. The third kappa shape index (κ3) is 4.91. The number of aliphatic hydroxyl groups excluding tert-OH is 3. The number of carbonyl (C=O) groups is 1. The van der Waals surface area contributed by atoms with Gasteiger partial charge in [-0.1, -0.05) is 25.2 Å². The highest BCUT2D eigenvalue weighted by Gasteiger charge is 2.42. The minimum Gasteiger partial charge on any atom is -0.461 e. The second kappa shape index (κ2) is 8.45. The van der Waals surface area contributed by atoms with Gasteiger partial charge in [0.2, 0.25) is 0 Å². The fourth-order valence-corrected chi connectivity index (χ4v) is 3.78. The molecule has 0 radical (unpaired) electrons. The number of hydrogen-bond donors (Lipinski definition) is 4. The predicted molar refractivity (Wildman–Crippen MR) is 92.2 cm³/mol. The molecule has 4 N–H and O–H groups in total. The summed E-state index contributed by atoms with van der Waals surface area (Å²) in [4.78, 5) is 12.3. The molecular formula is C19H30O6. The van der Waals surface area contributed by atoms with E-state index >= 15 is 0 Å². The van der Waals surface area contributed by atoms with Gasteiger partial charge < -0.3 is 25.2 Å². The van der Waals surface area contributed by atoms with Crippen LogP contribution < -0.4 is 0 Å². The first-order chi connectivity index (χ1) is 11.7. The minimum absolute atomic E-state index is 0.0882. The summed E-state index contributed by atoms with van der Waals surface area (Å²) in [5.74, 6) is -0.915.